The van der Waals surface area contributed by atoms with Gasteiger partial charge in [0.2, 0.25) is 0 Å². The molecule has 0 bridgehead atoms. The van der Waals surface area contributed by atoms with Crippen molar-refractivity contribution >= 4 is 0 Å². The lowest BCUT2D eigenvalue weighted by molar-refractivity contribution is -0.123. The Morgan fingerprint density at radius 3 is 1.08 bits per heavy atom. The summed E-state index contributed by atoms with van der Waals surface area (Å²) < 4.78 is 0. The van der Waals surface area contributed by atoms with Crippen molar-refractivity contribution in [2.75, 3.05) is 13.2 Å². The van der Waals surface area contributed by atoms with Gasteiger partial charge in [0.25, 0.3) is 0 Å². The van der Waals surface area contributed by atoms with E-state index in [1.165, 1.54) is 0 Å². The molecule has 0 rings (SSSR count). The van der Waals surface area contributed by atoms with Crippen LogP contribution in [0, 0.1) is 0 Å². The van der Waals surface area contributed by atoms with Crippen LogP contribution in [0.1, 0.15) is 0 Å². The zero-order valence-corrected chi connectivity index (χ0v) is 6.41. The highest BCUT2D eigenvalue weighted by atomic mass is 16.4. The Labute approximate surface area is 69.3 Å². The van der Waals surface area contributed by atoms with E-state index in [9.17, 15) is 0 Å². The van der Waals surface area contributed by atoms with Crippen molar-refractivity contribution in [3.8, 4) is 0 Å². The van der Waals surface area contributed by atoms with Crippen LogP contribution < -0.4 is 0 Å². The monoisotopic (exact) mass is 183 g/mol. The van der Waals surface area contributed by atoms with Crippen molar-refractivity contribution in [3.05, 3.63) is 0 Å². The van der Waals surface area contributed by atoms with Crippen LogP contribution in [0.2, 0.25) is 0 Å². The van der Waals surface area contributed by atoms with Gasteiger partial charge in [0.15, 0.2) is 0 Å². The van der Waals surface area contributed by atoms with Gasteiger partial charge < -0.3 is 30.6 Å². The maximum Gasteiger partial charge on any atom is 0.111 e. The summed E-state index contributed by atoms with van der Waals surface area (Å²) in [5.41, 5.74) is 0. The van der Waals surface area contributed by atoms with Gasteiger partial charge in [-0.3, -0.25) is 0 Å². The Hall–Kier alpha value is -0.240. The number of rotatable bonds is 5. The molecule has 0 aromatic heterocycles. The van der Waals surface area contributed by atoms with Gasteiger partial charge >= 0.3 is 0 Å². The average Bonchev–Trinajstić information content (AvgIpc) is 2.12. The Bertz CT molecular complexity index is 105. The fourth-order valence-corrected chi connectivity index (χ4v) is 0.671. The third kappa shape index (κ3) is 3.02. The van der Waals surface area contributed by atoms with Crippen LogP contribution in [0.3, 0.4) is 0 Å². The fraction of sp³-hybridized carbons (Fsp3) is 1.00. The summed E-state index contributed by atoms with van der Waals surface area (Å²) >= 11 is 0. The van der Waals surface area contributed by atoms with E-state index in [2.05, 4.69) is 0 Å². The molecule has 0 unspecified atom stereocenters. The lowest BCUT2D eigenvalue weighted by Crippen LogP contribution is -2.46. The molecule has 0 spiro atoms. The Morgan fingerprint density at radius 2 is 0.917 bits per heavy atom. The lowest BCUT2D eigenvalue weighted by atomic mass is 10.1. The Morgan fingerprint density at radius 1 is 0.667 bits per heavy atom. The zero-order chi connectivity index (χ0) is 9.72. The molecule has 4 atom stereocenters. The van der Waals surface area contributed by atoms with Gasteiger partial charge in [-0.15, -0.1) is 0 Å². The van der Waals surface area contributed by atoms with E-state index in [0.717, 1.165) is 0 Å². The normalized spacial score (nSPS) is 21.5. The molecule has 0 aromatic carbocycles. The van der Waals surface area contributed by atoms with Crippen molar-refractivity contribution in [2.45, 2.75) is 24.4 Å². The SMILES string of the molecule is OC[C@@H](O)[C@@H](O)[C@H](O)[13C@@H](O)CO. The highest BCUT2D eigenvalue weighted by Crippen LogP contribution is 2.03. The molecule has 6 N–H and O–H groups in total. The van der Waals surface area contributed by atoms with E-state index in [-0.39, 0.29) is 0 Å². The second-order valence-electron chi connectivity index (χ2n) is 2.48. The molecule has 0 saturated carbocycles. The standard InChI is InChI=1S/C6H14O6/c7-1-3(9)5(11)6(12)4(10)2-8/h3-12H,1-2H2/t3-,4+,5-,6-/m1/s1/i3+1/t3-,4+,5+,6+/m0. The topological polar surface area (TPSA) is 121 Å². The van der Waals surface area contributed by atoms with Crippen LogP contribution in [0.25, 0.3) is 0 Å². The van der Waals surface area contributed by atoms with Crippen LogP contribution in [0.15, 0.2) is 0 Å². The molecule has 0 radical (unpaired) electrons. The van der Waals surface area contributed by atoms with Crippen LogP contribution >= 0.6 is 0 Å². The van der Waals surface area contributed by atoms with Crippen molar-refractivity contribution in [3.63, 3.8) is 0 Å². The van der Waals surface area contributed by atoms with Gasteiger partial charge in [-0.1, -0.05) is 0 Å². The number of aliphatic hydroxyl groups is 6. The molecule has 0 aliphatic heterocycles. The highest BCUT2D eigenvalue weighted by molar-refractivity contribution is 4.79. The minimum atomic E-state index is -1.67. The van der Waals surface area contributed by atoms with Crippen molar-refractivity contribution in [1.29, 1.82) is 0 Å². The second-order valence-corrected chi connectivity index (χ2v) is 2.48. The van der Waals surface area contributed by atoms with Crippen molar-refractivity contribution in [2.24, 2.45) is 0 Å². The average molecular weight is 183 g/mol. The van der Waals surface area contributed by atoms with Crippen LogP contribution in [-0.4, -0.2) is 68.3 Å². The van der Waals surface area contributed by atoms with Crippen molar-refractivity contribution in [1.82, 2.24) is 0 Å². The minimum Gasteiger partial charge on any atom is -0.394 e. The number of hydrogen-bond acceptors (Lipinski definition) is 6. The summed E-state index contributed by atoms with van der Waals surface area (Å²) in [6.45, 7) is -1.45. The summed E-state index contributed by atoms with van der Waals surface area (Å²) in [4.78, 5) is 0. The summed E-state index contributed by atoms with van der Waals surface area (Å²) in [6, 6.07) is 0. The molecule has 0 fully saturated rings. The molecule has 6 heteroatoms. The van der Waals surface area contributed by atoms with Gasteiger partial charge in [-0.25, -0.2) is 0 Å². The first-order valence-corrected chi connectivity index (χ1v) is 3.48. The first-order valence-electron chi connectivity index (χ1n) is 3.48. The number of hydrogen-bond donors (Lipinski definition) is 6. The van der Waals surface area contributed by atoms with E-state index in [0.29, 0.717) is 0 Å². The lowest BCUT2D eigenvalue weighted by Gasteiger charge is -2.24. The Balaban J connectivity index is 3.99. The molecule has 0 heterocycles. The molecule has 0 aliphatic carbocycles. The molecular weight excluding hydrogens is 169 g/mol. The van der Waals surface area contributed by atoms with E-state index >= 15 is 0 Å². The maximum absolute atomic E-state index is 8.96. The quantitative estimate of drug-likeness (QED) is 0.245. The van der Waals surface area contributed by atoms with Gasteiger partial charge in [0.1, 0.15) is 24.4 Å². The van der Waals surface area contributed by atoms with E-state index in [1.807, 2.05) is 0 Å². The predicted octanol–water partition coefficient (Wildman–Crippen LogP) is -3.59. The van der Waals surface area contributed by atoms with Crippen LogP contribution in [0.5, 0.6) is 0 Å². The van der Waals surface area contributed by atoms with Crippen LogP contribution in [0.4, 0.5) is 0 Å². The zero-order valence-electron chi connectivity index (χ0n) is 6.41. The molecule has 0 aromatic rings. The molecule has 0 saturated heterocycles. The molecule has 74 valence electrons. The summed E-state index contributed by atoms with van der Waals surface area (Å²) in [6.07, 6.45) is -6.39. The first-order chi connectivity index (χ1) is 5.54. The third-order valence-electron chi connectivity index (χ3n) is 1.51. The first kappa shape index (κ1) is 11.8. The maximum atomic E-state index is 8.96. The van der Waals surface area contributed by atoms with E-state index < -0.39 is 37.6 Å². The van der Waals surface area contributed by atoms with Crippen LogP contribution in [-0.2, 0) is 0 Å². The van der Waals surface area contributed by atoms with E-state index in [1.54, 1.807) is 0 Å². The summed E-state index contributed by atoms with van der Waals surface area (Å²) in [5.74, 6) is 0. The molecule has 0 amide bonds. The van der Waals surface area contributed by atoms with E-state index in [4.69, 9.17) is 30.6 Å². The third-order valence-corrected chi connectivity index (χ3v) is 1.51. The second kappa shape index (κ2) is 5.41. The fourth-order valence-electron chi connectivity index (χ4n) is 0.671. The highest BCUT2D eigenvalue weighted by Gasteiger charge is 2.29. The van der Waals surface area contributed by atoms with Crippen molar-refractivity contribution < 1.29 is 30.6 Å². The van der Waals surface area contributed by atoms with Gasteiger partial charge in [-0.2, -0.15) is 0 Å². The predicted molar refractivity (Wildman–Crippen MR) is 38.2 cm³/mol. The summed E-state index contributed by atoms with van der Waals surface area (Å²) in [5, 5.41) is 52.2. The molecular formula is C6H14O6. The Kier molecular flexibility index (Phi) is 5.31. The molecule has 6 nitrogen and oxygen atoms in total. The van der Waals surface area contributed by atoms with Gasteiger partial charge in [0.05, 0.1) is 13.2 Å². The summed E-state index contributed by atoms with van der Waals surface area (Å²) in [7, 11) is 0. The van der Waals surface area contributed by atoms with Gasteiger partial charge in [-0.05, 0) is 0 Å². The van der Waals surface area contributed by atoms with Gasteiger partial charge in [0, 0.05) is 0 Å². The molecule has 12 heavy (non-hydrogen) atoms. The number of aliphatic hydroxyl groups excluding tert-OH is 6. The minimum absolute atomic E-state index is 0.726. The largest absolute Gasteiger partial charge is 0.394 e. The molecule has 0 aliphatic rings. The smallest absolute Gasteiger partial charge is 0.111 e.